The molecule has 0 bridgehead atoms. The number of nitrogens with one attached hydrogen (secondary N) is 2. The summed E-state index contributed by atoms with van der Waals surface area (Å²) in [6.07, 6.45) is 0. The van der Waals surface area contributed by atoms with E-state index < -0.39 is 5.91 Å². The summed E-state index contributed by atoms with van der Waals surface area (Å²) in [5.41, 5.74) is 0.912. The summed E-state index contributed by atoms with van der Waals surface area (Å²) in [6, 6.07) is 5.76. The third-order valence-corrected chi connectivity index (χ3v) is 4.02. The van der Waals surface area contributed by atoms with E-state index in [1.165, 1.54) is 16.8 Å². The molecule has 7 nitrogen and oxygen atoms in total. The summed E-state index contributed by atoms with van der Waals surface area (Å²) in [4.78, 5) is 24.6. The number of hydrogen-bond donors (Lipinski definition) is 2. The standard InChI is InChI=1S/C16H18FN5O2/c1-9(2)12-8-22-14(16(24)19-12)13(20-21-22)15(23)18-7-10-3-5-11(17)6-4-10/h3-6,9,12H,7-8H2,1-2H3,(H,18,23)(H,19,24). The molecule has 1 aliphatic rings. The van der Waals surface area contributed by atoms with Crippen molar-refractivity contribution in [2.45, 2.75) is 33.0 Å². The molecule has 1 unspecified atom stereocenters. The molecule has 2 amide bonds. The van der Waals surface area contributed by atoms with Crippen molar-refractivity contribution in [2.24, 2.45) is 5.92 Å². The maximum atomic E-state index is 12.9. The van der Waals surface area contributed by atoms with E-state index in [2.05, 4.69) is 20.9 Å². The van der Waals surface area contributed by atoms with Gasteiger partial charge in [0.15, 0.2) is 11.4 Å². The van der Waals surface area contributed by atoms with Crippen LogP contribution in [0, 0.1) is 11.7 Å². The van der Waals surface area contributed by atoms with E-state index in [1.807, 2.05) is 13.8 Å². The molecule has 1 aliphatic heterocycles. The SMILES string of the molecule is CC(C)C1Cn2nnc(C(=O)NCc3ccc(F)cc3)c2C(=O)N1. The lowest BCUT2D eigenvalue weighted by Crippen LogP contribution is -2.48. The molecule has 8 heteroatoms. The summed E-state index contributed by atoms with van der Waals surface area (Å²) in [7, 11) is 0. The Morgan fingerprint density at radius 2 is 2.12 bits per heavy atom. The van der Waals surface area contributed by atoms with E-state index in [9.17, 15) is 14.0 Å². The Morgan fingerprint density at radius 3 is 2.79 bits per heavy atom. The second-order valence-corrected chi connectivity index (χ2v) is 6.10. The van der Waals surface area contributed by atoms with Crippen molar-refractivity contribution >= 4 is 11.8 Å². The molecular formula is C16H18FN5O2. The zero-order valence-corrected chi connectivity index (χ0v) is 13.4. The van der Waals surface area contributed by atoms with Gasteiger partial charge in [0.1, 0.15) is 5.82 Å². The van der Waals surface area contributed by atoms with Gasteiger partial charge < -0.3 is 10.6 Å². The lowest BCUT2D eigenvalue weighted by Gasteiger charge is -2.27. The quantitative estimate of drug-likeness (QED) is 0.878. The molecular weight excluding hydrogens is 313 g/mol. The fourth-order valence-electron chi connectivity index (χ4n) is 2.53. The Balaban J connectivity index is 1.73. The van der Waals surface area contributed by atoms with Crippen LogP contribution in [0.3, 0.4) is 0 Å². The topological polar surface area (TPSA) is 88.9 Å². The maximum Gasteiger partial charge on any atom is 0.274 e. The highest BCUT2D eigenvalue weighted by Crippen LogP contribution is 2.16. The van der Waals surface area contributed by atoms with Gasteiger partial charge in [-0.05, 0) is 23.6 Å². The van der Waals surface area contributed by atoms with Crippen molar-refractivity contribution in [3.63, 3.8) is 0 Å². The highest BCUT2D eigenvalue weighted by Gasteiger charge is 2.32. The normalized spacial score (nSPS) is 16.7. The van der Waals surface area contributed by atoms with Crippen LogP contribution in [0.2, 0.25) is 0 Å². The highest BCUT2D eigenvalue weighted by molar-refractivity contribution is 6.05. The first-order valence-corrected chi connectivity index (χ1v) is 7.72. The Bertz CT molecular complexity index is 769. The van der Waals surface area contributed by atoms with E-state index in [4.69, 9.17) is 0 Å². The van der Waals surface area contributed by atoms with Crippen molar-refractivity contribution in [2.75, 3.05) is 0 Å². The van der Waals surface area contributed by atoms with Crippen LogP contribution in [-0.4, -0.2) is 32.9 Å². The molecule has 1 aromatic carbocycles. The Kier molecular flexibility index (Phi) is 4.28. The van der Waals surface area contributed by atoms with E-state index in [0.717, 1.165) is 5.56 Å². The van der Waals surface area contributed by atoms with E-state index in [0.29, 0.717) is 6.54 Å². The molecule has 1 atom stereocenters. The van der Waals surface area contributed by atoms with Crippen LogP contribution < -0.4 is 10.6 Å². The average molecular weight is 331 g/mol. The minimum absolute atomic E-state index is 0.00295. The monoisotopic (exact) mass is 331 g/mol. The minimum atomic E-state index is -0.487. The number of halogens is 1. The van der Waals surface area contributed by atoms with Crippen LogP contribution in [0.1, 0.15) is 40.4 Å². The molecule has 0 saturated carbocycles. The van der Waals surface area contributed by atoms with Gasteiger partial charge in [-0.3, -0.25) is 9.59 Å². The Hall–Kier alpha value is -2.77. The zero-order chi connectivity index (χ0) is 17.3. The third-order valence-electron chi connectivity index (χ3n) is 4.02. The van der Waals surface area contributed by atoms with Gasteiger partial charge in [0.25, 0.3) is 11.8 Å². The summed E-state index contributed by atoms with van der Waals surface area (Å²) >= 11 is 0. The highest BCUT2D eigenvalue weighted by atomic mass is 19.1. The van der Waals surface area contributed by atoms with Crippen LogP contribution >= 0.6 is 0 Å². The van der Waals surface area contributed by atoms with Gasteiger partial charge in [0, 0.05) is 6.54 Å². The third kappa shape index (κ3) is 3.12. The second-order valence-electron chi connectivity index (χ2n) is 6.10. The number of nitrogens with zero attached hydrogens (tertiary/aromatic N) is 3. The molecule has 24 heavy (non-hydrogen) atoms. The van der Waals surface area contributed by atoms with Crippen molar-refractivity contribution < 1.29 is 14.0 Å². The number of benzene rings is 1. The largest absolute Gasteiger partial charge is 0.346 e. The predicted octanol–water partition coefficient (Wildman–Crippen LogP) is 1.12. The fraction of sp³-hybridized carbons (Fsp3) is 0.375. The Labute approximate surface area is 138 Å². The van der Waals surface area contributed by atoms with Gasteiger partial charge in [-0.15, -0.1) is 5.10 Å². The van der Waals surface area contributed by atoms with Crippen molar-refractivity contribution in [1.82, 2.24) is 25.6 Å². The summed E-state index contributed by atoms with van der Waals surface area (Å²) in [5.74, 6) is -0.925. The molecule has 2 heterocycles. The molecule has 1 aromatic heterocycles. The molecule has 0 radical (unpaired) electrons. The molecule has 0 spiro atoms. The zero-order valence-electron chi connectivity index (χ0n) is 13.4. The summed E-state index contributed by atoms with van der Waals surface area (Å²) in [6.45, 7) is 4.70. The first kappa shape index (κ1) is 16.1. The van der Waals surface area contributed by atoms with Gasteiger partial charge in [-0.2, -0.15) is 0 Å². The molecule has 0 aliphatic carbocycles. The van der Waals surface area contributed by atoms with Crippen LogP contribution in [0.4, 0.5) is 4.39 Å². The van der Waals surface area contributed by atoms with E-state index in [1.54, 1.807) is 12.1 Å². The fourth-order valence-corrected chi connectivity index (χ4v) is 2.53. The predicted molar refractivity (Wildman–Crippen MR) is 83.7 cm³/mol. The van der Waals surface area contributed by atoms with Crippen LogP contribution in [0.25, 0.3) is 0 Å². The number of amides is 2. The van der Waals surface area contributed by atoms with Crippen molar-refractivity contribution in [1.29, 1.82) is 0 Å². The molecule has 2 N–H and O–H groups in total. The lowest BCUT2D eigenvalue weighted by molar-refractivity contribution is 0.0861. The second kappa shape index (κ2) is 6.38. The Morgan fingerprint density at radius 1 is 1.42 bits per heavy atom. The molecule has 126 valence electrons. The van der Waals surface area contributed by atoms with Crippen LogP contribution in [0.5, 0.6) is 0 Å². The van der Waals surface area contributed by atoms with E-state index in [-0.39, 0.29) is 41.6 Å². The number of hydrogen-bond acceptors (Lipinski definition) is 4. The number of carbonyl (C=O) groups excluding carboxylic acids is 2. The van der Waals surface area contributed by atoms with E-state index >= 15 is 0 Å². The maximum absolute atomic E-state index is 12.9. The molecule has 2 aromatic rings. The minimum Gasteiger partial charge on any atom is -0.346 e. The molecule has 0 fully saturated rings. The van der Waals surface area contributed by atoms with Gasteiger partial charge in [-0.1, -0.05) is 31.2 Å². The summed E-state index contributed by atoms with van der Waals surface area (Å²) in [5, 5.41) is 13.3. The lowest BCUT2D eigenvalue weighted by atomic mass is 10.0. The number of aromatic nitrogens is 3. The number of carbonyl (C=O) groups is 2. The van der Waals surface area contributed by atoms with Crippen molar-refractivity contribution in [3.8, 4) is 0 Å². The van der Waals surface area contributed by atoms with Crippen molar-refractivity contribution in [3.05, 3.63) is 47.0 Å². The van der Waals surface area contributed by atoms with Gasteiger partial charge in [-0.25, -0.2) is 9.07 Å². The summed E-state index contributed by atoms with van der Waals surface area (Å²) < 4.78 is 14.3. The first-order chi connectivity index (χ1) is 11.5. The van der Waals surface area contributed by atoms with Gasteiger partial charge in [0.2, 0.25) is 0 Å². The number of rotatable bonds is 4. The smallest absolute Gasteiger partial charge is 0.274 e. The molecule has 0 saturated heterocycles. The molecule has 3 rings (SSSR count). The van der Waals surface area contributed by atoms with Gasteiger partial charge >= 0.3 is 0 Å². The first-order valence-electron chi connectivity index (χ1n) is 7.72. The van der Waals surface area contributed by atoms with Gasteiger partial charge in [0.05, 0.1) is 12.6 Å². The van der Waals surface area contributed by atoms with Crippen LogP contribution in [0.15, 0.2) is 24.3 Å². The average Bonchev–Trinajstić information content (AvgIpc) is 2.98. The van der Waals surface area contributed by atoms with Crippen LogP contribution in [-0.2, 0) is 13.1 Å². The number of fused-ring (bicyclic) bond motifs is 1.